The van der Waals surface area contributed by atoms with Gasteiger partial charge < -0.3 is 5.32 Å². The average molecular weight is 217 g/mol. The summed E-state index contributed by atoms with van der Waals surface area (Å²) in [5.41, 5.74) is 2.36. The molecule has 3 heteroatoms. The molecule has 1 saturated heterocycles. The Bertz CT molecular complexity index is 377. The summed E-state index contributed by atoms with van der Waals surface area (Å²) in [4.78, 5) is 7.06. The Morgan fingerprint density at radius 2 is 2.44 bits per heavy atom. The molecule has 0 amide bonds. The van der Waals surface area contributed by atoms with Crippen molar-refractivity contribution in [2.45, 2.75) is 31.8 Å². The first kappa shape index (κ1) is 10.1. The van der Waals surface area contributed by atoms with Gasteiger partial charge in [-0.25, -0.2) is 0 Å². The fourth-order valence-electron chi connectivity index (χ4n) is 3.15. The van der Waals surface area contributed by atoms with Gasteiger partial charge in [-0.15, -0.1) is 0 Å². The Kier molecular flexibility index (Phi) is 2.56. The molecule has 0 radical (unpaired) electrons. The van der Waals surface area contributed by atoms with E-state index in [1.807, 2.05) is 19.3 Å². The van der Waals surface area contributed by atoms with E-state index in [4.69, 9.17) is 0 Å². The third kappa shape index (κ3) is 1.80. The summed E-state index contributed by atoms with van der Waals surface area (Å²) in [6.07, 6.45) is 6.17. The number of fused-ring (bicyclic) bond motifs is 2. The largest absolute Gasteiger partial charge is 0.388 e. The Morgan fingerprint density at radius 3 is 3.12 bits per heavy atom. The zero-order valence-electron chi connectivity index (χ0n) is 9.82. The minimum atomic E-state index is 0.838. The molecule has 1 aromatic heterocycles. The van der Waals surface area contributed by atoms with Gasteiger partial charge in [0, 0.05) is 38.1 Å². The van der Waals surface area contributed by atoms with Crippen LogP contribution in [0.25, 0.3) is 0 Å². The molecule has 3 rings (SSSR count). The number of likely N-dealkylation sites (tertiary alicyclic amines) is 1. The fraction of sp³-hybridized carbons (Fsp3) is 0.615. The quantitative estimate of drug-likeness (QED) is 0.840. The molecule has 1 N–H and O–H groups in total. The van der Waals surface area contributed by atoms with E-state index in [0.29, 0.717) is 0 Å². The summed E-state index contributed by atoms with van der Waals surface area (Å²) in [5.74, 6) is 0.970. The van der Waals surface area contributed by atoms with Crippen LogP contribution >= 0.6 is 0 Å². The van der Waals surface area contributed by atoms with Crippen LogP contribution in [0.15, 0.2) is 18.3 Å². The van der Waals surface area contributed by atoms with Crippen LogP contribution in [-0.4, -0.2) is 29.5 Å². The van der Waals surface area contributed by atoms with Crippen LogP contribution in [0.3, 0.4) is 0 Å². The molecular weight excluding hydrogens is 198 g/mol. The molecule has 16 heavy (non-hydrogen) atoms. The number of aromatic nitrogens is 1. The van der Waals surface area contributed by atoms with Crippen LogP contribution in [0, 0.1) is 5.92 Å². The number of hydrogen-bond donors (Lipinski definition) is 1. The van der Waals surface area contributed by atoms with E-state index in [2.05, 4.69) is 21.3 Å². The smallest absolute Gasteiger partial charge is 0.0564 e. The van der Waals surface area contributed by atoms with E-state index >= 15 is 0 Å². The van der Waals surface area contributed by atoms with Crippen molar-refractivity contribution in [2.24, 2.45) is 5.92 Å². The summed E-state index contributed by atoms with van der Waals surface area (Å²) < 4.78 is 0. The lowest BCUT2D eigenvalue weighted by Gasteiger charge is -2.26. The molecule has 1 saturated carbocycles. The standard InChI is InChI=1S/C13H19N3/c1-14-11-4-5-15-12(7-11)9-16-8-10-2-3-13(16)6-10/h4-5,7,10,13H,2-3,6,8-9H2,1H3,(H,14,15). The lowest BCUT2D eigenvalue weighted by atomic mass is 10.1. The van der Waals surface area contributed by atoms with E-state index in [-0.39, 0.29) is 0 Å². The van der Waals surface area contributed by atoms with Crippen LogP contribution in [0.4, 0.5) is 5.69 Å². The first-order valence-corrected chi connectivity index (χ1v) is 6.22. The molecule has 2 heterocycles. The normalized spacial score (nSPS) is 28.6. The molecule has 2 bridgehead atoms. The number of hydrogen-bond acceptors (Lipinski definition) is 3. The minimum Gasteiger partial charge on any atom is -0.388 e. The fourth-order valence-corrected chi connectivity index (χ4v) is 3.15. The Morgan fingerprint density at radius 1 is 1.50 bits per heavy atom. The molecule has 1 aliphatic heterocycles. The van der Waals surface area contributed by atoms with Crippen molar-refractivity contribution in [1.82, 2.24) is 9.88 Å². The van der Waals surface area contributed by atoms with Gasteiger partial charge in [0.2, 0.25) is 0 Å². The second-order valence-corrected chi connectivity index (χ2v) is 5.05. The Hall–Kier alpha value is -1.09. The number of nitrogens with zero attached hydrogens (tertiary/aromatic N) is 2. The molecule has 0 aromatic carbocycles. The SMILES string of the molecule is CNc1ccnc(CN2CC3CCC2C3)c1. The van der Waals surface area contributed by atoms with Crippen molar-refractivity contribution in [1.29, 1.82) is 0 Å². The maximum atomic E-state index is 4.45. The summed E-state index contributed by atoms with van der Waals surface area (Å²) in [6.45, 7) is 2.31. The molecule has 2 aliphatic rings. The molecular formula is C13H19N3. The first-order valence-electron chi connectivity index (χ1n) is 6.22. The molecule has 1 aliphatic carbocycles. The zero-order valence-corrected chi connectivity index (χ0v) is 9.82. The average Bonchev–Trinajstić information content (AvgIpc) is 2.91. The van der Waals surface area contributed by atoms with Gasteiger partial charge in [-0.05, 0) is 37.3 Å². The van der Waals surface area contributed by atoms with E-state index < -0.39 is 0 Å². The molecule has 3 nitrogen and oxygen atoms in total. The lowest BCUT2D eigenvalue weighted by molar-refractivity contribution is 0.203. The third-order valence-corrected chi connectivity index (χ3v) is 3.99. The van der Waals surface area contributed by atoms with E-state index in [1.165, 1.54) is 31.5 Å². The molecule has 0 spiro atoms. The minimum absolute atomic E-state index is 0.838. The molecule has 2 unspecified atom stereocenters. The van der Waals surface area contributed by atoms with Crippen molar-refractivity contribution in [3.63, 3.8) is 0 Å². The van der Waals surface area contributed by atoms with Gasteiger partial charge in [0.05, 0.1) is 5.69 Å². The second-order valence-electron chi connectivity index (χ2n) is 5.05. The highest BCUT2D eigenvalue weighted by Crippen LogP contribution is 2.37. The van der Waals surface area contributed by atoms with Crippen LogP contribution in [0.2, 0.25) is 0 Å². The van der Waals surface area contributed by atoms with Gasteiger partial charge in [-0.2, -0.15) is 0 Å². The number of pyridine rings is 1. The lowest BCUT2D eigenvalue weighted by Crippen LogP contribution is -2.31. The van der Waals surface area contributed by atoms with Crippen LogP contribution in [-0.2, 0) is 6.54 Å². The third-order valence-electron chi connectivity index (χ3n) is 3.99. The summed E-state index contributed by atoms with van der Waals surface area (Å²) in [5, 5.41) is 3.17. The highest BCUT2D eigenvalue weighted by molar-refractivity contribution is 5.42. The van der Waals surface area contributed by atoms with Crippen molar-refractivity contribution in [3.8, 4) is 0 Å². The van der Waals surface area contributed by atoms with Crippen molar-refractivity contribution >= 4 is 5.69 Å². The molecule has 2 fully saturated rings. The number of nitrogens with one attached hydrogen (secondary N) is 1. The van der Waals surface area contributed by atoms with Gasteiger partial charge in [0.1, 0.15) is 0 Å². The molecule has 2 atom stereocenters. The van der Waals surface area contributed by atoms with Crippen LogP contribution in [0.5, 0.6) is 0 Å². The van der Waals surface area contributed by atoms with Crippen molar-refractivity contribution in [2.75, 3.05) is 18.9 Å². The first-order chi connectivity index (χ1) is 7.85. The number of rotatable bonds is 3. The second kappa shape index (κ2) is 4.06. The van der Waals surface area contributed by atoms with Gasteiger partial charge in [-0.1, -0.05) is 0 Å². The maximum Gasteiger partial charge on any atom is 0.0564 e. The Balaban J connectivity index is 1.69. The summed E-state index contributed by atoms with van der Waals surface area (Å²) in [7, 11) is 1.96. The van der Waals surface area contributed by atoms with Crippen molar-refractivity contribution in [3.05, 3.63) is 24.0 Å². The monoisotopic (exact) mass is 217 g/mol. The van der Waals surface area contributed by atoms with Gasteiger partial charge >= 0.3 is 0 Å². The van der Waals surface area contributed by atoms with Gasteiger partial charge in [0.15, 0.2) is 0 Å². The topological polar surface area (TPSA) is 28.2 Å². The van der Waals surface area contributed by atoms with E-state index in [9.17, 15) is 0 Å². The Labute approximate surface area is 96.9 Å². The van der Waals surface area contributed by atoms with Gasteiger partial charge in [0.25, 0.3) is 0 Å². The predicted molar refractivity (Wildman–Crippen MR) is 65.3 cm³/mol. The maximum absolute atomic E-state index is 4.45. The number of anilines is 1. The number of piperidine rings is 1. The van der Waals surface area contributed by atoms with E-state index in [1.54, 1.807) is 0 Å². The zero-order chi connectivity index (χ0) is 11.0. The van der Waals surface area contributed by atoms with Gasteiger partial charge in [-0.3, -0.25) is 9.88 Å². The van der Waals surface area contributed by atoms with E-state index in [0.717, 1.165) is 24.2 Å². The molecule has 86 valence electrons. The highest BCUT2D eigenvalue weighted by atomic mass is 15.2. The van der Waals surface area contributed by atoms with Crippen LogP contribution < -0.4 is 5.32 Å². The summed E-state index contributed by atoms with van der Waals surface area (Å²) >= 11 is 0. The van der Waals surface area contributed by atoms with Crippen molar-refractivity contribution < 1.29 is 0 Å². The molecule has 1 aromatic rings. The van der Waals surface area contributed by atoms with Crippen LogP contribution in [0.1, 0.15) is 25.0 Å². The predicted octanol–water partition coefficient (Wildman–Crippen LogP) is 2.11. The highest BCUT2D eigenvalue weighted by Gasteiger charge is 2.37. The summed E-state index contributed by atoms with van der Waals surface area (Å²) in [6, 6.07) is 5.01.